The molecule has 0 N–H and O–H groups in total. The van der Waals surface area contributed by atoms with E-state index in [-0.39, 0.29) is 27.8 Å². The molecule has 4 nitrogen and oxygen atoms in total. The minimum absolute atomic E-state index is 0.0499. The van der Waals surface area contributed by atoms with Crippen molar-refractivity contribution in [2.45, 2.75) is 18.2 Å². The molecule has 1 heterocycles. The third-order valence-corrected chi connectivity index (χ3v) is 4.88. The van der Waals surface area contributed by atoms with Gasteiger partial charge in [-0.05, 0) is 31.0 Å². The summed E-state index contributed by atoms with van der Waals surface area (Å²) in [5, 5.41) is 0.196. The van der Waals surface area contributed by atoms with Gasteiger partial charge in [-0.2, -0.15) is 0 Å². The summed E-state index contributed by atoms with van der Waals surface area (Å²) in [7, 11) is -3.22. The number of halogens is 1. The molecule has 0 bridgehead atoms. The summed E-state index contributed by atoms with van der Waals surface area (Å²) in [6.07, 6.45) is 0.351. The molecule has 92 valence electrons. The lowest BCUT2D eigenvalue weighted by Crippen LogP contribution is -2.07. The summed E-state index contributed by atoms with van der Waals surface area (Å²) < 4.78 is 28.1. The van der Waals surface area contributed by atoms with Gasteiger partial charge in [-0.15, -0.1) is 0 Å². The minimum atomic E-state index is -3.22. The Bertz CT molecular complexity index is 577. The average Bonchev–Trinajstić information content (AvgIpc) is 2.56. The van der Waals surface area contributed by atoms with Crippen LogP contribution in [0, 0.1) is 0 Å². The van der Waals surface area contributed by atoms with Crippen LogP contribution in [-0.4, -0.2) is 26.7 Å². The predicted octanol–water partition coefficient (Wildman–Crippen LogP) is 1.85. The summed E-state index contributed by atoms with van der Waals surface area (Å²) in [6.45, 7) is 1.95. The lowest BCUT2D eigenvalue weighted by molar-refractivity contribution is 0.0526. The number of esters is 1. The molecule has 1 aliphatic rings. The van der Waals surface area contributed by atoms with Crippen LogP contribution in [-0.2, 0) is 21.0 Å². The second-order valence-corrected chi connectivity index (χ2v) is 6.15. The van der Waals surface area contributed by atoms with Crippen LogP contribution in [0.1, 0.15) is 22.8 Å². The van der Waals surface area contributed by atoms with E-state index in [9.17, 15) is 13.2 Å². The minimum Gasteiger partial charge on any atom is -0.462 e. The lowest BCUT2D eigenvalue weighted by Gasteiger charge is -2.07. The zero-order valence-electron chi connectivity index (χ0n) is 9.20. The molecule has 0 fully saturated rings. The molecule has 0 saturated heterocycles. The van der Waals surface area contributed by atoms with E-state index in [0.717, 1.165) is 0 Å². The van der Waals surface area contributed by atoms with Crippen LogP contribution >= 0.6 is 11.6 Å². The Labute approximate surface area is 104 Å². The highest BCUT2D eigenvalue weighted by Gasteiger charge is 2.30. The molecule has 2 rings (SSSR count). The van der Waals surface area contributed by atoms with Gasteiger partial charge in [0.2, 0.25) is 0 Å². The first-order valence-corrected chi connectivity index (χ1v) is 7.21. The number of carbonyl (C=O) groups is 1. The third-order valence-electron chi connectivity index (χ3n) is 2.65. The Kier molecular flexibility index (Phi) is 3.14. The predicted molar refractivity (Wildman–Crippen MR) is 63.2 cm³/mol. The molecule has 1 aromatic carbocycles. The van der Waals surface area contributed by atoms with Crippen molar-refractivity contribution in [3.63, 3.8) is 0 Å². The Morgan fingerprint density at radius 2 is 2.18 bits per heavy atom. The van der Waals surface area contributed by atoms with Gasteiger partial charge in [0.15, 0.2) is 9.84 Å². The van der Waals surface area contributed by atoms with Crippen LogP contribution in [0.5, 0.6) is 0 Å². The zero-order valence-corrected chi connectivity index (χ0v) is 10.8. The molecule has 0 amide bonds. The van der Waals surface area contributed by atoms with Gasteiger partial charge in [0.25, 0.3) is 0 Å². The van der Waals surface area contributed by atoms with Crippen LogP contribution in [0.15, 0.2) is 17.0 Å². The molecule has 0 saturated carbocycles. The van der Waals surface area contributed by atoms with Gasteiger partial charge >= 0.3 is 5.97 Å². The van der Waals surface area contributed by atoms with Gasteiger partial charge in [0.1, 0.15) is 0 Å². The molecule has 0 unspecified atom stereocenters. The fraction of sp³-hybridized carbons (Fsp3) is 0.364. The summed E-state index contributed by atoms with van der Waals surface area (Å²) in [5.74, 6) is -0.474. The number of ether oxygens (including phenoxy) is 1. The Hall–Kier alpha value is -1.07. The van der Waals surface area contributed by atoms with Crippen molar-refractivity contribution in [1.82, 2.24) is 0 Å². The van der Waals surface area contributed by atoms with Crippen LogP contribution in [0.3, 0.4) is 0 Å². The maximum atomic E-state index is 11.6. The van der Waals surface area contributed by atoms with Crippen molar-refractivity contribution in [2.75, 3.05) is 12.4 Å². The molecule has 0 spiro atoms. The number of benzene rings is 1. The molecule has 0 aliphatic carbocycles. The number of sulfone groups is 1. The SMILES string of the molecule is CCOC(=O)c1ccc2c(c1Cl)CCS2(=O)=O. The van der Waals surface area contributed by atoms with Crippen LogP contribution in [0.25, 0.3) is 0 Å². The van der Waals surface area contributed by atoms with E-state index in [2.05, 4.69) is 0 Å². The second kappa shape index (κ2) is 4.31. The maximum Gasteiger partial charge on any atom is 0.339 e. The third kappa shape index (κ3) is 2.05. The lowest BCUT2D eigenvalue weighted by atomic mass is 10.1. The van der Waals surface area contributed by atoms with Gasteiger partial charge in [0.05, 0.1) is 27.8 Å². The van der Waals surface area contributed by atoms with Gasteiger partial charge in [-0.25, -0.2) is 13.2 Å². The van der Waals surface area contributed by atoms with E-state index < -0.39 is 15.8 Å². The Balaban J connectivity index is 2.53. The number of hydrogen-bond donors (Lipinski definition) is 0. The van der Waals surface area contributed by atoms with Crippen molar-refractivity contribution in [3.05, 3.63) is 28.3 Å². The number of hydrogen-bond acceptors (Lipinski definition) is 4. The van der Waals surface area contributed by atoms with Gasteiger partial charge in [-0.3, -0.25) is 0 Å². The maximum absolute atomic E-state index is 11.6. The zero-order chi connectivity index (χ0) is 12.6. The normalized spacial score (nSPS) is 16.6. The van der Waals surface area contributed by atoms with E-state index in [1.807, 2.05) is 0 Å². The first kappa shape index (κ1) is 12.4. The number of carbonyl (C=O) groups excluding carboxylic acids is 1. The van der Waals surface area contributed by atoms with Crippen molar-refractivity contribution in [3.8, 4) is 0 Å². The van der Waals surface area contributed by atoms with Gasteiger partial charge in [0, 0.05) is 0 Å². The van der Waals surface area contributed by atoms with Gasteiger partial charge < -0.3 is 4.74 Å². The Morgan fingerprint density at radius 3 is 2.82 bits per heavy atom. The van der Waals surface area contributed by atoms with E-state index >= 15 is 0 Å². The smallest absolute Gasteiger partial charge is 0.339 e. The summed E-state index contributed by atoms with van der Waals surface area (Å²) in [5.41, 5.74) is 0.751. The van der Waals surface area contributed by atoms with Crippen molar-refractivity contribution in [2.24, 2.45) is 0 Å². The molecular weight excluding hydrogens is 264 g/mol. The topological polar surface area (TPSA) is 60.4 Å². The highest BCUT2D eigenvalue weighted by molar-refractivity contribution is 7.91. The van der Waals surface area contributed by atoms with Crippen LogP contribution in [0.4, 0.5) is 0 Å². The van der Waals surface area contributed by atoms with Crippen molar-refractivity contribution < 1.29 is 17.9 Å². The largest absolute Gasteiger partial charge is 0.462 e. The summed E-state index contributed by atoms with van der Waals surface area (Å²) in [4.78, 5) is 11.8. The Morgan fingerprint density at radius 1 is 1.47 bits per heavy atom. The fourth-order valence-corrected chi connectivity index (χ4v) is 3.78. The monoisotopic (exact) mass is 274 g/mol. The van der Waals surface area contributed by atoms with Crippen molar-refractivity contribution in [1.29, 1.82) is 0 Å². The summed E-state index contributed by atoms with van der Waals surface area (Å²) in [6, 6.07) is 2.83. The fourth-order valence-electron chi connectivity index (χ4n) is 1.84. The molecule has 1 aromatic rings. The van der Waals surface area contributed by atoms with Crippen molar-refractivity contribution >= 4 is 27.4 Å². The standard InChI is InChI=1S/C11H11ClO4S/c1-2-16-11(13)8-3-4-9-7(10(8)12)5-6-17(9,14)15/h3-4H,2,5-6H2,1H3. The second-order valence-electron chi connectivity index (χ2n) is 3.69. The van der Waals surface area contributed by atoms with E-state index in [0.29, 0.717) is 12.0 Å². The molecule has 17 heavy (non-hydrogen) atoms. The van der Waals surface area contributed by atoms with Crippen LogP contribution in [0.2, 0.25) is 5.02 Å². The highest BCUT2D eigenvalue weighted by atomic mass is 35.5. The first-order chi connectivity index (χ1) is 7.97. The molecule has 0 radical (unpaired) electrons. The highest BCUT2D eigenvalue weighted by Crippen LogP contribution is 2.34. The van der Waals surface area contributed by atoms with E-state index in [1.54, 1.807) is 6.92 Å². The van der Waals surface area contributed by atoms with Gasteiger partial charge in [-0.1, -0.05) is 11.6 Å². The first-order valence-electron chi connectivity index (χ1n) is 5.18. The average molecular weight is 275 g/mol. The molecule has 0 aromatic heterocycles. The van der Waals surface area contributed by atoms with Crippen LogP contribution < -0.4 is 0 Å². The quantitative estimate of drug-likeness (QED) is 0.772. The summed E-state index contributed by atoms with van der Waals surface area (Å²) >= 11 is 6.05. The molecular formula is C11H11ClO4S. The van der Waals surface area contributed by atoms with E-state index in [1.165, 1.54) is 12.1 Å². The number of rotatable bonds is 2. The molecule has 1 aliphatic heterocycles. The molecule has 0 atom stereocenters. The molecule has 6 heteroatoms. The number of fused-ring (bicyclic) bond motifs is 1. The van der Waals surface area contributed by atoms with E-state index in [4.69, 9.17) is 16.3 Å².